The lowest BCUT2D eigenvalue weighted by Gasteiger charge is -2.30. The first-order chi connectivity index (χ1) is 12.8. The number of fused-ring (bicyclic) bond motifs is 2. The van der Waals surface area contributed by atoms with Crippen molar-refractivity contribution in [1.29, 1.82) is 0 Å². The van der Waals surface area contributed by atoms with Gasteiger partial charge >= 0.3 is 0 Å². The van der Waals surface area contributed by atoms with Gasteiger partial charge in [0.05, 0.1) is 5.69 Å². The van der Waals surface area contributed by atoms with Gasteiger partial charge in [-0.15, -0.1) is 0 Å². The minimum Gasteiger partial charge on any atom is -0.354 e. The van der Waals surface area contributed by atoms with Crippen molar-refractivity contribution < 1.29 is 0 Å². The second-order valence-corrected chi connectivity index (χ2v) is 8.09. The molecule has 4 heterocycles. The molecule has 26 heavy (non-hydrogen) atoms. The third-order valence-corrected chi connectivity index (χ3v) is 6.36. The van der Waals surface area contributed by atoms with Gasteiger partial charge in [-0.3, -0.25) is 4.90 Å². The topological polar surface area (TPSA) is 35.5 Å². The third kappa shape index (κ3) is 2.89. The van der Waals surface area contributed by atoms with Crippen molar-refractivity contribution in [3.63, 3.8) is 0 Å². The minimum absolute atomic E-state index is 0.655. The molecule has 0 amide bonds. The van der Waals surface area contributed by atoms with E-state index in [1.807, 2.05) is 0 Å². The van der Waals surface area contributed by atoms with Gasteiger partial charge in [0.25, 0.3) is 0 Å². The number of nitrogens with zero attached hydrogens (tertiary/aromatic N) is 5. The molecule has 3 aliphatic rings. The number of likely N-dealkylation sites (tertiary alicyclic amines) is 1. The molecule has 5 heteroatoms. The first-order valence-electron chi connectivity index (χ1n) is 9.82. The zero-order valence-electron chi connectivity index (χ0n) is 15.5. The molecular formula is C21H27N5. The molecule has 0 unspecified atom stereocenters. The number of hydrogen-bond donors (Lipinski definition) is 0. The van der Waals surface area contributed by atoms with Crippen molar-refractivity contribution >= 4 is 5.82 Å². The molecule has 0 radical (unpaired) electrons. The molecule has 2 saturated heterocycles. The van der Waals surface area contributed by atoms with E-state index >= 15 is 0 Å². The Hall–Kier alpha value is -1.98. The first-order valence-corrected chi connectivity index (χ1v) is 9.82. The van der Waals surface area contributed by atoms with Gasteiger partial charge < -0.3 is 9.80 Å². The zero-order chi connectivity index (χ0) is 17.5. The molecular weight excluding hydrogens is 322 g/mol. The van der Waals surface area contributed by atoms with Crippen molar-refractivity contribution in [3.05, 3.63) is 53.5 Å². The van der Waals surface area contributed by atoms with Crippen LogP contribution in [0.2, 0.25) is 0 Å². The second kappa shape index (κ2) is 6.63. The predicted molar refractivity (Wildman–Crippen MR) is 103 cm³/mol. The summed E-state index contributed by atoms with van der Waals surface area (Å²) >= 11 is 0. The van der Waals surface area contributed by atoms with Crippen LogP contribution in [0.1, 0.15) is 23.2 Å². The van der Waals surface area contributed by atoms with E-state index in [4.69, 9.17) is 4.98 Å². The van der Waals surface area contributed by atoms with E-state index in [-0.39, 0.29) is 0 Å². The lowest BCUT2D eigenvalue weighted by molar-refractivity contribution is 0.245. The summed E-state index contributed by atoms with van der Waals surface area (Å²) in [6.07, 6.45) is 4.12. The highest BCUT2D eigenvalue weighted by atomic mass is 15.3. The summed E-state index contributed by atoms with van der Waals surface area (Å²) in [6.45, 7) is 6.61. The largest absolute Gasteiger partial charge is 0.354 e. The number of anilines is 1. The van der Waals surface area contributed by atoms with Crippen LogP contribution < -0.4 is 4.90 Å². The molecule has 2 atom stereocenters. The minimum atomic E-state index is 0.655. The molecule has 1 aromatic carbocycles. The molecule has 1 aromatic heterocycles. The quantitative estimate of drug-likeness (QED) is 0.849. The second-order valence-electron chi connectivity index (χ2n) is 8.09. The molecule has 136 valence electrons. The summed E-state index contributed by atoms with van der Waals surface area (Å²) in [4.78, 5) is 16.9. The highest BCUT2D eigenvalue weighted by Gasteiger charge is 2.42. The molecule has 0 N–H and O–H groups in total. The smallest absolute Gasteiger partial charge is 0.136 e. The molecule has 3 aliphatic heterocycles. The highest BCUT2D eigenvalue weighted by molar-refractivity contribution is 5.51. The third-order valence-electron chi connectivity index (χ3n) is 6.36. The standard InChI is InChI=1S/C21H27N5/c1-24-9-8-19-18(13-24)21(23-15-22-19)26-12-17-7-10-25(20(17)14-26)11-16-5-3-2-4-6-16/h2-6,15,17,20H,7-14H2,1H3/t17-,20+/m0/s1. The summed E-state index contributed by atoms with van der Waals surface area (Å²) in [6, 6.07) is 11.5. The summed E-state index contributed by atoms with van der Waals surface area (Å²) in [5.74, 6) is 1.96. The van der Waals surface area contributed by atoms with Gasteiger partial charge in [-0.1, -0.05) is 30.3 Å². The van der Waals surface area contributed by atoms with Crippen LogP contribution in [0.5, 0.6) is 0 Å². The van der Waals surface area contributed by atoms with Crippen LogP contribution in [0.3, 0.4) is 0 Å². The van der Waals surface area contributed by atoms with Gasteiger partial charge in [0.1, 0.15) is 12.1 Å². The lowest BCUT2D eigenvalue weighted by Crippen LogP contribution is -2.36. The molecule has 2 aromatic rings. The Labute approximate surface area is 155 Å². The van der Waals surface area contributed by atoms with E-state index in [0.29, 0.717) is 6.04 Å². The number of benzene rings is 1. The van der Waals surface area contributed by atoms with Crippen LogP contribution in [-0.4, -0.2) is 59.0 Å². The maximum absolute atomic E-state index is 4.71. The van der Waals surface area contributed by atoms with E-state index < -0.39 is 0 Å². The Morgan fingerprint density at radius 3 is 2.85 bits per heavy atom. The van der Waals surface area contributed by atoms with Gasteiger partial charge in [-0.2, -0.15) is 0 Å². The van der Waals surface area contributed by atoms with Crippen molar-refractivity contribution in [2.45, 2.75) is 32.0 Å². The van der Waals surface area contributed by atoms with Crippen LogP contribution >= 0.6 is 0 Å². The van der Waals surface area contributed by atoms with Crippen LogP contribution in [0.15, 0.2) is 36.7 Å². The molecule has 0 bridgehead atoms. The molecule has 0 aliphatic carbocycles. The molecule has 0 saturated carbocycles. The number of rotatable bonds is 3. The molecule has 0 spiro atoms. The van der Waals surface area contributed by atoms with Crippen LogP contribution in [0.25, 0.3) is 0 Å². The average Bonchev–Trinajstić information content (AvgIpc) is 3.24. The highest BCUT2D eigenvalue weighted by Crippen LogP contribution is 2.36. The SMILES string of the molecule is CN1CCc2ncnc(N3C[C@@H]4CCN(Cc5ccccc5)[C@@H]4C3)c2C1. The Kier molecular flexibility index (Phi) is 4.14. The Bertz CT molecular complexity index is 777. The summed E-state index contributed by atoms with van der Waals surface area (Å²) < 4.78 is 0. The normalized spacial score (nSPS) is 26.1. The maximum atomic E-state index is 4.71. The fraction of sp³-hybridized carbons (Fsp3) is 0.524. The van der Waals surface area contributed by atoms with Gasteiger partial charge in [0.2, 0.25) is 0 Å². The van der Waals surface area contributed by atoms with E-state index in [1.54, 1.807) is 6.33 Å². The van der Waals surface area contributed by atoms with Crippen LogP contribution in [-0.2, 0) is 19.5 Å². The predicted octanol–water partition coefficient (Wildman–Crippen LogP) is 2.18. The first kappa shape index (κ1) is 16.2. The molecule has 5 nitrogen and oxygen atoms in total. The van der Waals surface area contributed by atoms with Gasteiger partial charge in [0, 0.05) is 50.7 Å². The van der Waals surface area contributed by atoms with Gasteiger partial charge in [0.15, 0.2) is 0 Å². The van der Waals surface area contributed by atoms with E-state index in [1.165, 1.54) is 35.6 Å². The summed E-state index contributed by atoms with van der Waals surface area (Å²) in [5, 5.41) is 0. The summed E-state index contributed by atoms with van der Waals surface area (Å²) in [5.41, 5.74) is 4.04. The van der Waals surface area contributed by atoms with E-state index in [0.717, 1.165) is 45.1 Å². The zero-order valence-corrected chi connectivity index (χ0v) is 15.5. The van der Waals surface area contributed by atoms with Crippen molar-refractivity contribution in [3.8, 4) is 0 Å². The van der Waals surface area contributed by atoms with Gasteiger partial charge in [-0.05, 0) is 31.5 Å². The van der Waals surface area contributed by atoms with Gasteiger partial charge in [-0.25, -0.2) is 9.97 Å². The van der Waals surface area contributed by atoms with Crippen molar-refractivity contribution in [2.24, 2.45) is 5.92 Å². The Balaban J connectivity index is 1.35. The number of aromatic nitrogens is 2. The van der Waals surface area contributed by atoms with Crippen molar-refractivity contribution in [2.75, 3.05) is 38.1 Å². The summed E-state index contributed by atoms with van der Waals surface area (Å²) in [7, 11) is 2.19. The van der Waals surface area contributed by atoms with Crippen LogP contribution in [0.4, 0.5) is 5.82 Å². The maximum Gasteiger partial charge on any atom is 0.136 e. The molecule has 5 rings (SSSR count). The van der Waals surface area contributed by atoms with Crippen LogP contribution in [0, 0.1) is 5.92 Å². The Morgan fingerprint density at radius 1 is 1.08 bits per heavy atom. The van der Waals surface area contributed by atoms with E-state index in [2.05, 4.69) is 57.1 Å². The number of likely N-dealkylation sites (N-methyl/N-ethyl adjacent to an activating group) is 1. The molecule has 2 fully saturated rings. The Morgan fingerprint density at radius 2 is 1.96 bits per heavy atom. The fourth-order valence-electron chi connectivity index (χ4n) is 4.97. The monoisotopic (exact) mass is 349 g/mol. The van der Waals surface area contributed by atoms with E-state index in [9.17, 15) is 0 Å². The lowest BCUT2D eigenvalue weighted by atomic mass is 10.0. The fourth-order valence-corrected chi connectivity index (χ4v) is 4.97. The van der Waals surface area contributed by atoms with Crippen molar-refractivity contribution in [1.82, 2.24) is 19.8 Å². The average molecular weight is 349 g/mol. The number of hydrogen-bond acceptors (Lipinski definition) is 5.